The molecule has 1 atom stereocenters. The molecule has 3 rings (SSSR count). The summed E-state index contributed by atoms with van der Waals surface area (Å²) in [7, 11) is 0. The topological polar surface area (TPSA) is 43.2 Å². The monoisotopic (exact) mass is 229 g/mol. The lowest BCUT2D eigenvalue weighted by molar-refractivity contribution is 0.268. The van der Waals surface area contributed by atoms with Gasteiger partial charge >= 0.3 is 0 Å². The van der Waals surface area contributed by atoms with E-state index in [0.717, 1.165) is 13.2 Å². The van der Waals surface area contributed by atoms with Crippen LogP contribution in [0.2, 0.25) is 0 Å². The van der Waals surface area contributed by atoms with E-state index in [4.69, 9.17) is 4.74 Å². The van der Waals surface area contributed by atoms with Crippen LogP contribution in [0.4, 0.5) is 0 Å². The van der Waals surface area contributed by atoms with Crippen LogP contribution in [0.15, 0.2) is 30.9 Å². The molecule has 0 aliphatic carbocycles. The van der Waals surface area contributed by atoms with Crippen LogP contribution in [0, 0.1) is 13.8 Å². The first-order valence-electron chi connectivity index (χ1n) is 5.74. The van der Waals surface area contributed by atoms with Crippen molar-refractivity contribution in [2.45, 2.75) is 26.0 Å². The van der Waals surface area contributed by atoms with E-state index in [0.29, 0.717) is 0 Å². The summed E-state index contributed by atoms with van der Waals surface area (Å²) < 4.78 is 7.51. The highest BCUT2D eigenvalue weighted by Crippen LogP contribution is 2.41. The van der Waals surface area contributed by atoms with Gasteiger partial charge in [0.2, 0.25) is 0 Å². The summed E-state index contributed by atoms with van der Waals surface area (Å²) in [6, 6.07) is 6.49. The maximum atomic E-state index is 5.69. The highest BCUT2D eigenvalue weighted by Gasteiger charge is 2.48. The van der Waals surface area contributed by atoms with Crippen molar-refractivity contribution in [3.8, 4) is 0 Å². The molecule has 1 fully saturated rings. The van der Waals surface area contributed by atoms with E-state index in [1.165, 1.54) is 16.7 Å². The van der Waals surface area contributed by atoms with Crippen LogP contribution in [-0.4, -0.2) is 21.4 Å². The number of hydrogen-bond donors (Lipinski definition) is 0. The lowest BCUT2D eigenvalue weighted by Gasteiger charge is -2.15. The first-order chi connectivity index (χ1) is 8.20. The molecule has 1 aromatic carbocycles. The smallest absolute Gasteiger partial charge is 0.137 e. The van der Waals surface area contributed by atoms with Crippen LogP contribution in [0.3, 0.4) is 0 Å². The van der Waals surface area contributed by atoms with Crippen LogP contribution in [0.25, 0.3) is 0 Å². The molecule has 4 nitrogen and oxygen atoms in total. The van der Waals surface area contributed by atoms with E-state index in [-0.39, 0.29) is 5.60 Å². The largest absolute Gasteiger partial charge is 0.362 e. The number of hydrogen-bond acceptors (Lipinski definition) is 3. The Morgan fingerprint density at radius 2 is 2.24 bits per heavy atom. The summed E-state index contributed by atoms with van der Waals surface area (Å²) in [5.41, 5.74) is 3.63. The predicted octanol–water partition coefficient (Wildman–Crippen LogP) is 1.82. The minimum atomic E-state index is -0.189. The summed E-state index contributed by atoms with van der Waals surface area (Å²) >= 11 is 0. The third kappa shape index (κ3) is 1.85. The summed E-state index contributed by atoms with van der Waals surface area (Å²) in [6.45, 7) is 5.73. The molecule has 1 aliphatic heterocycles. The average Bonchev–Trinajstić information content (AvgIpc) is 2.86. The molecule has 1 aromatic heterocycles. The molecule has 4 heteroatoms. The Bertz CT molecular complexity index is 530. The second-order valence-electron chi connectivity index (χ2n) is 4.69. The zero-order chi connectivity index (χ0) is 11.9. The van der Waals surface area contributed by atoms with E-state index in [1.807, 2.05) is 4.68 Å². The van der Waals surface area contributed by atoms with Crippen molar-refractivity contribution < 1.29 is 4.74 Å². The number of rotatable bonds is 3. The SMILES string of the molecule is Cc1ccc(C2(Cn3cncn3)CO2)c(C)c1. The van der Waals surface area contributed by atoms with Gasteiger partial charge in [0.05, 0.1) is 13.2 Å². The van der Waals surface area contributed by atoms with Crippen LogP contribution in [0.1, 0.15) is 16.7 Å². The Labute approximate surface area is 100 Å². The predicted molar refractivity (Wildman–Crippen MR) is 63.6 cm³/mol. The van der Waals surface area contributed by atoms with Crippen molar-refractivity contribution in [3.05, 3.63) is 47.5 Å². The molecule has 0 bridgehead atoms. The fourth-order valence-corrected chi connectivity index (χ4v) is 2.32. The highest BCUT2D eigenvalue weighted by molar-refractivity contribution is 5.37. The Kier molecular flexibility index (Phi) is 2.26. The molecule has 1 aliphatic rings. The number of aromatic nitrogens is 3. The molecule has 0 saturated carbocycles. The molecule has 88 valence electrons. The maximum Gasteiger partial charge on any atom is 0.137 e. The van der Waals surface area contributed by atoms with E-state index < -0.39 is 0 Å². The van der Waals surface area contributed by atoms with Crippen molar-refractivity contribution in [1.29, 1.82) is 0 Å². The van der Waals surface area contributed by atoms with Crippen molar-refractivity contribution in [3.63, 3.8) is 0 Å². The lowest BCUT2D eigenvalue weighted by atomic mass is 9.94. The molecule has 0 radical (unpaired) electrons. The van der Waals surface area contributed by atoms with Crippen molar-refractivity contribution in [1.82, 2.24) is 14.8 Å². The Morgan fingerprint density at radius 1 is 1.41 bits per heavy atom. The number of ether oxygens (including phenoxy) is 1. The molecule has 17 heavy (non-hydrogen) atoms. The molecule has 2 aromatic rings. The van der Waals surface area contributed by atoms with E-state index >= 15 is 0 Å². The Balaban J connectivity index is 1.92. The first-order valence-corrected chi connectivity index (χ1v) is 5.74. The normalized spacial score (nSPS) is 22.7. The number of epoxide rings is 1. The van der Waals surface area contributed by atoms with Crippen LogP contribution in [-0.2, 0) is 16.9 Å². The minimum absolute atomic E-state index is 0.189. The quantitative estimate of drug-likeness (QED) is 0.754. The lowest BCUT2D eigenvalue weighted by Crippen LogP contribution is -2.19. The maximum absolute atomic E-state index is 5.69. The van der Waals surface area contributed by atoms with Crippen LogP contribution in [0.5, 0.6) is 0 Å². The van der Waals surface area contributed by atoms with Gasteiger partial charge in [-0.1, -0.05) is 23.8 Å². The molecular weight excluding hydrogens is 214 g/mol. The van der Waals surface area contributed by atoms with Gasteiger partial charge in [0.1, 0.15) is 18.3 Å². The molecule has 0 spiro atoms. The fraction of sp³-hybridized carbons (Fsp3) is 0.385. The third-order valence-corrected chi connectivity index (χ3v) is 3.25. The van der Waals surface area contributed by atoms with Gasteiger partial charge in [-0.2, -0.15) is 5.10 Å². The molecule has 1 saturated heterocycles. The Morgan fingerprint density at radius 3 is 2.82 bits per heavy atom. The molecular formula is C13H15N3O. The van der Waals surface area contributed by atoms with Crippen LogP contribution < -0.4 is 0 Å². The van der Waals surface area contributed by atoms with Gasteiger partial charge in [-0.15, -0.1) is 0 Å². The van der Waals surface area contributed by atoms with E-state index in [2.05, 4.69) is 42.1 Å². The van der Waals surface area contributed by atoms with E-state index in [1.54, 1.807) is 12.7 Å². The minimum Gasteiger partial charge on any atom is -0.362 e. The zero-order valence-corrected chi connectivity index (χ0v) is 10.1. The molecule has 1 unspecified atom stereocenters. The van der Waals surface area contributed by atoms with Gasteiger partial charge in [0, 0.05) is 0 Å². The third-order valence-electron chi connectivity index (χ3n) is 3.25. The van der Waals surface area contributed by atoms with E-state index in [9.17, 15) is 0 Å². The van der Waals surface area contributed by atoms with Crippen molar-refractivity contribution in [2.24, 2.45) is 0 Å². The zero-order valence-electron chi connectivity index (χ0n) is 10.1. The molecule has 0 amide bonds. The average molecular weight is 229 g/mol. The number of aryl methyl sites for hydroxylation is 2. The van der Waals surface area contributed by atoms with Gasteiger partial charge < -0.3 is 4.74 Å². The highest BCUT2D eigenvalue weighted by atomic mass is 16.6. The standard InChI is InChI=1S/C13H15N3O/c1-10-3-4-12(11(2)5-10)13(7-17-13)6-16-9-14-8-15-16/h3-5,8-9H,6-7H2,1-2H3. The van der Waals surface area contributed by atoms with Crippen molar-refractivity contribution in [2.75, 3.05) is 6.61 Å². The summed E-state index contributed by atoms with van der Waals surface area (Å²) in [5, 5.41) is 4.14. The molecule has 2 heterocycles. The first kappa shape index (κ1) is 10.5. The van der Waals surface area contributed by atoms with Gasteiger partial charge in [0.15, 0.2) is 0 Å². The fourth-order valence-electron chi connectivity index (χ4n) is 2.32. The van der Waals surface area contributed by atoms with Gasteiger partial charge in [-0.3, -0.25) is 0 Å². The number of nitrogens with zero attached hydrogens (tertiary/aromatic N) is 3. The van der Waals surface area contributed by atoms with Gasteiger partial charge in [-0.25, -0.2) is 9.67 Å². The number of benzene rings is 1. The summed E-state index contributed by atoms with van der Waals surface area (Å²) in [5.74, 6) is 0. The van der Waals surface area contributed by atoms with Crippen LogP contribution >= 0.6 is 0 Å². The van der Waals surface area contributed by atoms with Gasteiger partial charge in [0.25, 0.3) is 0 Å². The van der Waals surface area contributed by atoms with Crippen molar-refractivity contribution >= 4 is 0 Å². The summed E-state index contributed by atoms with van der Waals surface area (Å²) in [6.07, 6.45) is 3.28. The second-order valence-corrected chi connectivity index (χ2v) is 4.69. The summed E-state index contributed by atoms with van der Waals surface area (Å²) in [4.78, 5) is 3.96. The van der Waals surface area contributed by atoms with Gasteiger partial charge in [-0.05, 0) is 25.0 Å². The second kappa shape index (κ2) is 3.67. The molecule has 0 N–H and O–H groups in total. The Hall–Kier alpha value is -1.68.